The lowest BCUT2D eigenvalue weighted by molar-refractivity contribution is -0.136. The van der Waals surface area contributed by atoms with E-state index in [0.717, 1.165) is 37.9 Å². The molecule has 0 spiro atoms. The number of aromatic nitrogens is 2. The van der Waals surface area contributed by atoms with Gasteiger partial charge in [0.25, 0.3) is 5.56 Å². The predicted molar refractivity (Wildman–Crippen MR) is 155 cm³/mol. The van der Waals surface area contributed by atoms with Gasteiger partial charge in [0.1, 0.15) is 10.8 Å². The maximum absolute atomic E-state index is 12.8. The summed E-state index contributed by atoms with van der Waals surface area (Å²) in [5.41, 5.74) is 2.33. The maximum atomic E-state index is 12.8. The minimum atomic E-state index is -0.686. The number of carbonyl (C=O) groups is 2. The zero-order chi connectivity index (χ0) is 28.8. The van der Waals surface area contributed by atoms with Crippen molar-refractivity contribution in [3.8, 4) is 11.8 Å². The topological polar surface area (TPSA) is 96.7 Å². The molecule has 0 aliphatic carbocycles. The molecule has 0 saturated carbocycles. The van der Waals surface area contributed by atoms with Crippen LogP contribution in [-0.2, 0) is 36.1 Å². The molecule has 208 valence electrons. The number of amides is 2. The molecule has 1 N–H and O–H groups in total. The summed E-state index contributed by atoms with van der Waals surface area (Å²) in [6.07, 6.45) is 0.648. The number of halogens is 1. The molecule has 2 aromatic carbocycles. The highest BCUT2D eigenvalue weighted by Crippen LogP contribution is 2.16. The number of aryl methyl sites for hydroxylation is 2. The van der Waals surface area contributed by atoms with E-state index in [4.69, 9.17) is 11.6 Å². The molecule has 2 heterocycles. The van der Waals surface area contributed by atoms with E-state index in [9.17, 15) is 19.2 Å². The molecule has 10 heteroatoms. The third-order valence-electron chi connectivity index (χ3n) is 6.79. The van der Waals surface area contributed by atoms with Crippen molar-refractivity contribution in [3.63, 3.8) is 0 Å². The average molecular weight is 562 g/mol. The van der Waals surface area contributed by atoms with Crippen LogP contribution in [0.3, 0.4) is 0 Å². The number of hydrogen-bond acceptors (Lipinski definition) is 5. The van der Waals surface area contributed by atoms with E-state index in [0.29, 0.717) is 26.1 Å². The largest absolute Gasteiger partial charge is 0.336 e. The number of piperazine rings is 1. The van der Waals surface area contributed by atoms with E-state index in [1.54, 1.807) is 0 Å². The Labute approximate surface area is 238 Å². The fourth-order valence-corrected chi connectivity index (χ4v) is 4.64. The summed E-state index contributed by atoms with van der Waals surface area (Å²) in [7, 11) is 3.26. The van der Waals surface area contributed by atoms with E-state index in [1.807, 2.05) is 72.3 Å². The lowest BCUT2D eigenvalue weighted by Crippen LogP contribution is -2.48. The zero-order valence-electron chi connectivity index (χ0n) is 22.9. The molecule has 1 fully saturated rings. The van der Waals surface area contributed by atoms with E-state index < -0.39 is 11.2 Å². The SMILES string of the molecule is Cc1ccc(CCC(=O)Nc2c(Cl)n(CC#Cc3cccc(CN4CCN(C)CC4=O)c3)c(=O)n(C)c2=O)cc1. The molecule has 2 amide bonds. The first-order chi connectivity index (χ1) is 19.1. The summed E-state index contributed by atoms with van der Waals surface area (Å²) in [5.74, 6) is 5.67. The van der Waals surface area contributed by atoms with Crippen molar-refractivity contribution < 1.29 is 9.59 Å². The van der Waals surface area contributed by atoms with Gasteiger partial charge in [-0.25, -0.2) is 4.79 Å². The molecule has 1 aliphatic heterocycles. The molecule has 3 aromatic rings. The molecule has 40 heavy (non-hydrogen) atoms. The van der Waals surface area contributed by atoms with Crippen LogP contribution in [0.25, 0.3) is 0 Å². The van der Waals surface area contributed by atoms with Gasteiger partial charge in [0.05, 0.1) is 13.1 Å². The summed E-state index contributed by atoms with van der Waals surface area (Å²) < 4.78 is 2.05. The van der Waals surface area contributed by atoms with Crippen molar-refractivity contribution in [1.29, 1.82) is 0 Å². The van der Waals surface area contributed by atoms with Crippen LogP contribution in [0.4, 0.5) is 5.69 Å². The fourth-order valence-electron chi connectivity index (χ4n) is 4.38. The lowest BCUT2D eigenvalue weighted by Gasteiger charge is -2.32. The fraction of sp³-hybridized carbons (Fsp3) is 0.333. The van der Waals surface area contributed by atoms with Crippen LogP contribution in [0, 0.1) is 18.8 Å². The molecule has 4 rings (SSSR count). The Morgan fingerprint density at radius 1 is 1.02 bits per heavy atom. The third-order valence-corrected chi connectivity index (χ3v) is 7.18. The second kappa shape index (κ2) is 12.8. The van der Waals surface area contributed by atoms with Gasteiger partial charge in [-0.05, 0) is 43.7 Å². The number of nitrogens with one attached hydrogen (secondary N) is 1. The van der Waals surface area contributed by atoms with Crippen LogP contribution in [0.5, 0.6) is 0 Å². The zero-order valence-corrected chi connectivity index (χ0v) is 23.6. The van der Waals surface area contributed by atoms with E-state index in [2.05, 4.69) is 17.2 Å². The van der Waals surface area contributed by atoms with Crippen LogP contribution in [0.1, 0.15) is 28.7 Å². The van der Waals surface area contributed by atoms with Gasteiger partial charge in [-0.3, -0.25) is 28.4 Å². The van der Waals surface area contributed by atoms with Crippen molar-refractivity contribution in [3.05, 3.63) is 96.8 Å². The van der Waals surface area contributed by atoms with Crippen LogP contribution >= 0.6 is 11.6 Å². The monoisotopic (exact) mass is 561 g/mol. The maximum Gasteiger partial charge on any atom is 0.332 e. The Balaban J connectivity index is 1.46. The Bertz CT molecular complexity index is 1600. The standard InChI is InChI=1S/C30H32ClN5O4/c1-21-9-11-22(12-10-21)13-14-25(37)32-27-28(31)36(30(40)34(3)29(27)39)15-5-8-23-6-4-7-24(18-23)19-35-17-16-33(2)20-26(35)38/h4,6-7,9-12,18H,13-17,19-20H2,1-3H3,(H,32,37). The summed E-state index contributed by atoms with van der Waals surface area (Å²) in [6.45, 7) is 4.31. The van der Waals surface area contributed by atoms with Crippen LogP contribution < -0.4 is 16.6 Å². The van der Waals surface area contributed by atoms with E-state index in [1.165, 1.54) is 7.05 Å². The second-order valence-corrected chi connectivity index (χ2v) is 10.3. The van der Waals surface area contributed by atoms with Gasteiger partial charge in [0, 0.05) is 38.7 Å². The highest BCUT2D eigenvalue weighted by atomic mass is 35.5. The number of anilines is 1. The molecule has 1 aromatic heterocycles. The van der Waals surface area contributed by atoms with Gasteiger partial charge < -0.3 is 10.2 Å². The number of rotatable bonds is 7. The summed E-state index contributed by atoms with van der Waals surface area (Å²) in [6, 6.07) is 15.4. The van der Waals surface area contributed by atoms with Gasteiger partial charge >= 0.3 is 5.69 Å². The molecular formula is C30H32ClN5O4. The van der Waals surface area contributed by atoms with Crippen molar-refractivity contribution in [2.24, 2.45) is 7.05 Å². The van der Waals surface area contributed by atoms with Crippen molar-refractivity contribution in [1.82, 2.24) is 18.9 Å². The average Bonchev–Trinajstić information content (AvgIpc) is 2.93. The normalized spacial score (nSPS) is 13.6. The minimum Gasteiger partial charge on any atom is -0.336 e. The number of likely N-dealkylation sites (N-methyl/N-ethyl adjacent to an activating group) is 1. The summed E-state index contributed by atoms with van der Waals surface area (Å²) in [5, 5.41) is 2.41. The molecule has 0 bridgehead atoms. The second-order valence-electron chi connectivity index (χ2n) is 9.99. The van der Waals surface area contributed by atoms with E-state index in [-0.39, 0.29) is 35.6 Å². The number of carbonyl (C=O) groups excluding carboxylic acids is 2. The quantitative estimate of drug-likeness (QED) is 0.353. The molecule has 0 radical (unpaired) electrons. The molecular weight excluding hydrogens is 530 g/mol. The van der Waals surface area contributed by atoms with Gasteiger partial charge in [-0.1, -0.05) is 65.4 Å². The smallest absolute Gasteiger partial charge is 0.332 e. The lowest BCUT2D eigenvalue weighted by atomic mass is 10.1. The molecule has 9 nitrogen and oxygen atoms in total. The summed E-state index contributed by atoms with van der Waals surface area (Å²) >= 11 is 6.44. The first kappa shape index (κ1) is 28.9. The summed E-state index contributed by atoms with van der Waals surface area (Å²) in [4.78, 5) is 54.3. The molecule has 0 atom stereocenters. The van der Waals surface area contributed by atoms with Gasteiger partial charge in [-0.2, -0.15) is 0 Å². The molecule has 1 saturated heterocycles. The van der Waals surface area contributed by atoms with Gasteiger partial charge in [0.15, 0.2) is 0 Å². The number of hydrogen-bond donors (Lipinski definition) is 1. The highest BCUT2D eigenvalue weighted by Gasteiger charge is 2.21. The first-order valence-electron chi connectivity index (χ1n) is 13.0. The van der Waals surface area contributed by atoms with Crippen molar-refractivity contribution in [2.45, 2.75) is 32.9 Å². The van der Waals surface area contributed by atoms with Gasteiger partial charge in [0.2, 0.25) is 11.8 Å². The Kier molecular flexibility index (Phi) is 9.25. The Morgan fingerprint density at radius 3 is 2.50 bits per heavy atom. The number of nitrogens with zero attached hydrogens (tertiary/aromatic N) is 4. The van der Waals surface area contributed by atoms with E-state index >= 15 is 0 Å². The highest BCUT2D eigenvalue weighted by molar-refractivity contribution is 6.32. The third kappa shape index (κ3) is 7.08. The van der Waals surface area contributed by atoms with Crippen LogP contribution in [0.15, 0.2) is 58.1 Å². The van der Waals surface area contributed by atoms with Gasteiger partial charge in [-0.15, -0.1) is 0 Å². The molecule has 1 aliphatic rings. The van der Waals surface area contributed by atoms with Crippen molar-refractivity contribution >= 4 is 29.1 Å². The number of benzene rings is 2. The predicted octanol–water partition coefficient (Wildman–Crippen LogP) is 2.41. The Morgan fingerprint density at radius 2 is 1.77 bits per heavy atom. The van der Waals surface area contributed by atoms with Crippen LogP contribution in [0.2, 0.25) is 5.15 Å². The Hall–Kier alpha value is -4.13. The van der Waals surface area contributed by atoms with Crippen molar-refractivity contribution in [2.75, 3.05) is 32.0 Å². The van der Waals surface area contributed by atoms with Crippen LogP contribution in [-0.4, -0.2) is 57.4 Å². The minimum absolute atomic E-state index is 0.0841. The molecule has 0 unspecified atom stereocenters. The first-order valence-corrected chi connectivity index (χ1v) is 13.4.